The van der Waals surface area contributed by atoms with Gasteiger partial charge in [0, 0.05) is 30.8 Å². The zero-order valence-corrected chi connectivity index (χ0v) is 17.3. The summed E-state index contributed by atoms with van der Waals surface area (Å²) < 4.78 is 38.9. The minimum absolute atomic E-state index is 0.0267. The van der Waals surface area contributed by atoms with Crippen molar-refractivity contribution in [3.05, 3.63) is 53.3 Å². The first-order chi connectivity index (χ1) is 13.6. The number of hydrogen-bond donors (Lipinski definition) is 1. The summed E-state index contributed by atoms with van der Waals surface area (Å²) in [5, 5.41) is 2.51. The number of fused-ring (bicyclic) bond motifs is 1. The molecule has 3 rings (SSSR count). The number of nitrogens with one attached hydrogen (secondary N) is 1. The third kappa shape index (κ3) is 4.48. The van der Waals surface area contributed by atoms with Gasteiger partial charge in [0.2, 0.25) is 11.8 Å². The van der Waals surface area contributed by atoms with Crippen molar-refractivity contribution >= 4 is 33.0 Å². The number of anilines is 2. The van der Waals surface area contributed by atoms with Gasteiger partial charge in [0.05, 0.1) is 10.6 Å². The Labute approximate surface area is 169 Å². The van der Waals surface area contributed by atoms with Crippen molar-refractivity contribution in [2.24, 2.45) is 0 Å². The molecule has 6 nitrogen and oxygen atoms in total. The van der Waals surface area contributed by atoms with Crippen LogP contribution in [0.25, 0.3) is 0 Å². The molecule has 0 saturated heterocycles. The predicted molar refractivity (Wildman–Crippen MR) is 109 cm³/mol. The average Bonchev–Trinajstić information content (AvgIpc) is 2.98. The zero-order valence-electron chi connectivity index (χ0n) is 16.5. The highest BCUT2D eigenvalue weighted by molar-refractivity contribution is 7.91. The molecule has 154 valence electrons. The van der Waals surface area contributed by atoms with Crippen molar-refractivity contribution in [2.45, 2.75) is 44.6 Å². The average molecular weight is 418 g/mol. The van der Waals surface area contributed by atoms with Crippen LogP contribution in [0.4, 0.5) is 15.8 Å². The summed E-state index contributed by atoms with van der Waals surface area (Å²) in [6, 6.07) is 8.96. The highest BCUT2D eigenvalue weighted by Gasteiger charge is 2.30. The van der Waals surface area contributed by atoms with Crippen LogP contribution in [-0.4, -0.2) is 32.0 Å². The maximum absolute atomic E-state index is 13.6. The van der Waals surface area contributed by atoms with Gasteiger partial charge in [-0.25, -0.2) is 12.8 Å². The summed E-state index contributed by atoms with van der Waals surface area (Å²) in [5.41, 5.74) is 2.27. The summed E-state index contributed by atoms with van der Waals surface area (Å²) in [6.45, 7) is 5.00. The lowest BCUT2D eigenvalue weighted by Crippen LogP contribution is -2.33. The van der Waals surface area contributed by atoms with E-state index in [0.29, 0.717) is 12.0 Å². The van der Waals surface area contributed by atoms with Gasteiger partial charge in [-0.05, 0) is 61.7 Å². The van der Waals surface area contributed by atoms with Crippen LogP contribution in [0.15, 0.2) is 41.3 Å². The number of carbonyl (C=O) groups is 2. The molecule has 1 aliphatic heterocycles. The maximum atomic E-state index is 13.6. The lowest BCUT2D eigenvalue weighted by molar-refractivity contribution is -0.117. The van der Waals surface area contributed by atoms with Crippen molar-refractivity contribution in [1.82, 2.24) is 0 Å². The molecular formula is C21H23FN2O4S. The standard InChI is InChI=1S/C21H23FN2O4S/c1-13-4-5-17(12-19(13)22)23-21(26)8-9-29(27,28)18-6-7-20-16(11-18)10-14(2)24(20)15(3)25/h4-7,11-12,14H,8-10H2,1-3H3,(H,23,26)/t14-/m0/s1. The third-order valence-electron chi connectivity index (χ3n) is 5.02. The Morgan fingerprint density at radius 1 is 1.21 bits per heavy atom. The van der Waals surface area contributed by atoms with Crippen LogP contribution in [0, 0.1) is 12.7 Å². The van der Waals surface area contributed by atoms with Crippen molar-refractivity contribution in [1.29, 1.82) is 0 Å². The number of benzene rings is 2. The van der Waals surface area contributed by atoms with Crippen molar-refractivity contribution < 1.29 is 22.4 Å². The molecule has 0 saturated carbocycles. The number of amides is 2. The van der Waals surface area contributed by atoms with Gasteiger partial charge in [-0.2, -0.15) is 0 Å². The van der Waals surface area contributed by atoms with E-state index in [1.807, 2.05) is 6.92 Å². The summed E-state index contributed by atoms with van der Waals surface area (Å²) in [5.74, 6) is -1.40. The van der Waals surface area contributed by atoms with Crippen molar-refractivity contribution in [3.8, 4) is 0 Å². The number of nitrogens with zero attached hydrogens (tertiary/aromatic N) is 1. The van der Waals surface area contributed by atoms with Crippen LogP contribution >= 0.6 is 0 Å². The normalized spacial score (nSPS) is 15.9. The Kier molecular flexibility index (Phi) is 5.75. The molecule has 2 amide bonds. The molecule has 8 heteroatoms. The Bertz CT molecular complexity index is 1080. The summed E-state index contributed by atoms with van der Waals surface area (Å²) in [6.07, 6.45) is 0.336. The predicted octanol–water partition coefficient (Wildman–Crippen LogP) is 3.23. The van der Waals surface area contributed by atoms with E-state index in [2.05, 4.69) is 5.32 Å². The Morgan fingerprint density at radius 2 is 1.93 bits per heavy atom. The summed E-state index contributed by atoms with van der Waals surface area (Å²) >= 11 is 0. The molecule has 0 aliphatic carbocycles. The number of rotatable bonds is 5. The first kappa shape index (κ1) is 21.0. The van der Waals surface area contributed by atoms with Crippen LogP contribution in [0.2, 0.25) is 0 Å². The number of carbonyl (C=O) groups excluding carboxylic acids is 2. The van der Waals surface area contributed by atoms with E-state index in [4.69, 9.17) is 0 Å². The minimum Gasteiger partial charge on any atom is -0.326 e. The molecule has 1 heterocycles. The molecule has 0 aromatic heterocycles. The lowest BCUT2D eigenvalue weighted by atomic mass is 10.1. The lowest BCUT2D eigenvalue weighted by Gasteiger charge is -2.20. The molecule has 2 aromatic carbocycles. The van der Waals surface area contributed by atoms with Crippen LogP contribution < -0.4 is 10.2 Å². The molecule has 1 N–H and O–H groups in total. The number of aryl methyl sites for hydroxylation is 1. The molecule has 2 aromatic rings. The van der Waals surface area contributed by atoms with Crippen LogP contribution in [-0.2, 0) is 25.8 Å². The van der Waals surface area contributed by atoms with Gasteiger partial charge in [-0.3, -0.25) is 9.59 Å². The molecule has 1 aliphatic rings. The maximum Gasteiger partial charge on any atom is 0.225 e. The molecule has 0 unspecified atom stereocenters. The first-order valence-electron chi connectivity index (χ1n) is 9.30. The van der Waals surface area contributed by atoms with Crippen molar-refractivity contribution in [3.63, 3.8) is 0 Å². The van der Waals surface area contributed by atoms with E-state index >= 15 is 0 Å². The van der Waals surface area contributed by atoms with Gasteiger partial charge in [0.1, 0.15) is 5.82 Å². The minimum atomic E-state index is -3.68. The number of halogens is 1. The fourth-order valence-electron chi connectivity index (χ4n) is 3.52. The third-order valence-corrected chi connectivity index (χ3v) is 6.73. The number of sulfone groups is 1. The van der Waals surface area contributed by atoms with Gasteiger partial charge in [0.25, 0.3) is 0 Å². The van der Waals surface area contributed by atoms with Crippen molar-refractivity contribution in [2.75, 3.05) is 16.0 Å². The summed E-state index contributed by atoms with van der Waals surface area (Å²) in [4.78, 5) is 25.7. The largest absolute Gasteiger partial charge is 0.326 e. The van der Waals surface area contributed by atoms with Gasteiger partial charge >= 0.3 is 0 Å². The van der Waals surface area contributed by atoms with E-state index in [0.717, 1.165) is 11.3 Å². The molecule has 29 heavy (non-hydrogen) atoms. The molecule has 1 atom stereocenters. The van der Waals surface area contributed by atoms with E-state index in [-0.39, 0.29) is 34.7 Å². The van der Waals surface area contributed by atoms with E-state index in [1.54, 1.807) is 30.0 Å². The zero-order chi connectivity index (χ0) is 21.3. The van der Waals surface area contributed by atoms with E-state index in [9.17, 15) is 22.4 Å². The monoisotopic (exact) mass is 418 g/mol. The van der Waals surface area contributed by atoms with E-state index < -0.39 is 21.6 Å². The topological polar surface area (TPSA) is 83.6 Å². The van der Waals surface area contributed by atoms with Crippen LogP contribution in [0.3, 0.4) is 0 Å². The van der Waals surface area contributed by atoms with E-state index in [1.165, 1.54) is 25.1 Å². The Balaban J connectivity index is 1.68. The smallest absolute Gasteiger partial charge is 0.225 e. The van der Waals surface area contributed by atoms with Crippen LogP contribution in [0.5, 0.6) is 0 Å². The Morgan fingerprint density at radius 3 is 2.59 bits per heavy atom. The van der Waals surface area contributed by atoms with Gasteiger partial charge < -0.3 is 10.2 Å². The second-order valence-electron chi connectivity index (χ2n) is 7.31. The highest BCUT2D eigenvalue weighted by Crippen LogP contribution is 2.34. The van der Waals surface area contributed by atoms with Crippen LogP contribution in [0.1, 0.15) is 31.4 Å². The fraction of sp³-hybridized carbons (Fsp3) is 0.333. The fourth-order valence-corrected chi connectivity index (χ4v) is 4.81. The summed E-state index contributed by atoms with van der Waals surface area (Å²) in [7, 11) is -3.68. The number of hydrogen-bond acceptors (Lipinski definition) is 4. The molecule has 0 bridgehead atoms. The quantitative estimate of drug-likeness (QED) is 0.808. The second-order valence-corrected chi connectivity index (χ2v) is 9.42. The SMILES string of the molecule is CC(=O)N1c2ccc(S(=O)(=O)CCC(=O)Nc3ccc(C)c(F)c3)cc2C[C@@H]1C. The first-order valence-corrected chi connectivity index (χ1v) is 10.9. The molecule has 0 fully saturated rings. The highest BCUT2D eigenvalue weighted by atomic mass is 32.2. The van der Waals surface area contributed by atoms with Gasteiger partial charge in [-0.15, -0.1) is 0 Å². The van der Waals surface area contributed by atoms with Gasteiger partial charge in [0.15, 0.2) is 9.84 Å². The Hall–Kier alpha value is -2.74. The second kappa shape index (κ2) is 7.94. The van der Waals surface area contributed by atoms with Gasteiger partial charge in [-0.1, -0.05) is 6.07 Å². The molecule has 0 spiro atoms. The molecule has 0 radical (unpaired) electrons. The molecular weight excluding hydrogens is 395 g/mol.